The van der Waals surface area contributed by atoms with Gasteiger partial charge in [0.15, 0.2) is 0 Å². The van der Waals surface area contributed by atoms with Crippen LogP contribution in [0.15, 0.2) is 36.9 Å². The average Bonchev–Trinajstić information content (AvgIpc) is 3.25. The fourth-order valence-corrected chi connectivity index (χ4v) is 5.37. The minimum absolute atomic E-state index is 0.226. The highest BCUT2D eigenvalue weighted by Gasteiger charge is 2.44. The van der Waals surface area contributed by atoms with Gasteiger partial charge < -0.3 is 19.5 Å². The number of ether oxygens (including phenoxy) is 1. The van der Waals surface area contributed by atoms with Gasteiger partial charge in [0.2, 0.25) is 11.8 Å². The number of benzene rings is 1. The van der Waals surface area contributed by atoms with E-state index in [1.165, 1.54) is 18.0 Å². The lowest BCUT2D eigenvalue weighted by Gasteiger charge is -2.41. The number of fused-ring (bicyclic) bond motifs is 6. The number of hydrogen-bond donors (Lipinski definition) is 3. The molecule has 1 fully saturated rings. The summed E-state index contributed by atoms with van der Waals surface area (Å²) in [6, 6.07) is 6.58. The van der Waals surface area contributed by atoms with E-state index in [2.05, 4.69) is 22.5 Å². The molecule has 1 aliphatic carbocycles. The number of nitrogens with zero attached hydrogens (tertiary/aromatic N) is 3. The Hall–Kier alpha value is -4.22. The van der Waals surface area contributed by atoms with Gasteiger partial charge in [-0.25, -0.2) is 10.3 Å². The van der Waals surface area contributed by atoms with Gasteiger partial charge in [-0.1, -0.05) is 24.8 Å². The third-order valence-electron chi connectivity index (χ3n) is 7.24. The molecule has 2 aliphatic heterocycles. The first kappa shape index (κ1) is 25.4. The van der Waals surface area contributed by atoms with Crippen LogP contribution in [0, 0.1) is 0 Å². The molecule has 2 bridgehead atoms. The molecule has 11 heteroatoms. The lowest BCUT2D eigenvalue weighted by molar-refractivity contribution is -0.132. The van der Waals surface area contributed by atoms with Gasteiger partial charge in [-0.15, -0.1) is 0 Å². The Morgan fingerprint density at radius 3 is 2.71 bits per heavy atom. The molecule has 3 N–H and O–H groups in total. The molecule has 2 atom stereocenters. The normalized spacial score (nSPS) is 19.6. The fourth-order valence-electron chi connectivity index (χ4n) is 5.37. The van der Waals surface area contributed by atoms with Gasteiger partial charge in [0, 0.05) is 48.5 Å². The fraction of sp³-hybridized carbons (Fsp3) is 0.333. The highest BCUT2D eigenvalue weighted by Crippen LogP contribution is 2.32. The number of rotatable bonds is 8. The second-order valence-electron chi connectivity index (χ2n) is 9.51. The van der Waals surface area contributed by atoms with Crippen LogP contribution in [-0.4, -0.2) is 76.2 Å². The second kappa shape index (κ2) is 10.3. The summed E-state index contributed by atoms with van der Waals surface area (Å²) in [7, 11) is 1.52. The van der Waals surface area contributed by atoms with Crippen molar-refractivity contribution in [2.24, 2.45) is 0 Å². The monoisotopic (exact) mass is 519 g/mol. The molecule has 3 aliphatic rings. The van der Waals surface area contributed by atoms with Gasteiger partial charge in [0.25, 0.3) is 5.91 Å². The number of likely N-dealkylation sites (N-methyl/N-ethyl adjacent to an activating group) is 1. The molecular weight excluding hydrogens is 490 g/mol. The summed E-state index contributed by atoms with van der Waals surface area (Å²) in [4.78, 5) is 51.9. The van der Waals surface area contributed by atoms with Crippen LogP contribution in [0.2, 0.25) is 0 Å². The Morgan fingerprint density at radius 1 is 1.24 bits per heavy atom. The Morgan fingerprint density at radius 2 is 2.00 bits per heavy atom. The summed E-state index contributed by atoms with van der Waals surface area (Å²) in [6.45, 7) is 5.30. The van der Waals surface area contributed by atoms with Gasteiger partial charge in [-0.05, 0) is 41.8 Å². The molecule has 38 heavy (non-hydrogen) atoms. The van der Waals surface area contributed by atoms with Crippen molar-refractivity contribution in [1.82, 2.24) is 25.2 Å². The van der Waals surface area contributed by atoms with Crippen LogP contribution in [0.25, 0.3) is 12.2 Å². The summed E-state index contributed by atoms with van der Waals surface area (Å²) in [6.07, 6.45) is 5.72. The van der Waals surface area contributed by atoms with Crippen LogP contribution in [0.5, 0.6) is 0 Å². The van der Waals surface area contributed by atoms with Gasteiger partial charge in [0.1, 0.15) is 0 Å². The maximum Gasteiger partial charge on any atom is 0.326 e. The Kier molecular flexibility index (Phi) is 6.87. The third kappa shape index (κ3) is 4.50. The van der Waals surface area contributed by atoms with Crippen molar-refractivity contribution in [3.05, 3.63) is 69.9 Å². The number of aromatic nitrogens is 1. The van der Waals surface area contributed by atoms with Crippen LogP contribution in [0.4, 0.5) is 4.79 Å². The number of nitrogens with one attached hydrogen (secondary N) is 2. The number of urea groups is 1. The van der Waals surface area contributed by atoms with E-state index >= 15 is 0 Å². The SMILES string of the molecule is C=CC(=O)NCCOC1C=c2c3c(n(Cc4ccc(C(=O)NO)cc4)c2=CC1)CN1CC3C(=O)N(C)C1=O. The first-order valence-corrected chi connectivity index (χ1v) is 12.4. The van der Waals surface area contributed by atoms with E-state index in [1.54, 1.807) is 22.5 Å². The quantitative estimate of drug-likeness (QED) is 0.192. The van der Waals surface area contributed by atoms with Crippen LogP contribution >= 0.6 is 0 Å². The number of carbonyl (C=O) groups is 4. The largest absolute Gasteiger partial charge is 0.372 e. The zero-order chi connectivity index (χ0) is 27.0. The van der Waals surface area contributed by atoms with Crippen LogP contribution in [-0.2, 0) is 27.4 Å². The summed E-state index contributed by atoms with van der Waals surface area (Å²) in [5, 5.41) is 13.5. The van der Waals surface area contributed by atoms with Crippen molar-refractivity contribution in [2.75, 3.05) is 26.7 Å². The maximum absolute atomic E-state index is 13.2. The molecule has 0 saturated carbocycles. The van der Waals surface area contributed by atoms with Crippen LogP contribution in [0.1, 0.15) is 39.5 Å². The molecule has 198 valence electrons. The van der Waals surface area contributed by atoms with Crippen molar-refractivity contribution < 1.29 is 29.1 Å². The summed E-state index contributed by atoms with van der Waals surface area (Å²) in [5.41, 5.74) is 4.71. The van der Waals surface area contributed by atoms with Crippen molar-refractivity contribution >= 4 is 35.9 Å². The Labute approximate surface area is 218 Å². The summed E-state index contributed by atoms with van der Waals surface area (Å²) >= 11 is 0. The van der Waals surface area contributed by atoms with E-state index in [-0.39, 0.29) is 23.9 Å². The van der Waals surface area contributed by atoms with Gasteiger partial charge >= 0.3 is 6.03 Å². The van der Waals surface area contributed by atoms with Crippen molar-refractivity contribution in [3.8, 4) is 0 Å². The Bertz CT molecular complexity index is 1440. The lowest BCUT2D eigenvalue weighted by Crippen LogP contribution is -2.56. The molecule has 1 aromatic carbocycles. The smallest absolute Gasteiger partial charge is 0.326 e. The first-order chi connectivity index (χ1) is 18.3. The minimum atomic E-state index is -0.591. The van der Waals surface area contributed by atoms with Crippen molar-refractivity contribution in [2.45, 2.75) is 31.5 Å². The molecule has 2 unspecified atom stereocenters. The topological polar surface area (TPSA) is 133 Å². The van der Waals surface area contributed by atoms with E-state index in [0.717, 1.165) is 27.4 Å². The standard InChI is InChI=1S/C27H29N5O6/c1-3-23(33)28-10-11-38-18-8-9-21-19(12-18)24-20-14-31(27(36)30(2)26(20)35)15-22(24)32(21)13-16-4-6-17(7-5-16)25(34)29-37/h3-7,9,12,18,20,37H,1,8,10-11,13-15H2,2H3,(H,28,33)(H,29,34). The number of hydrogen-bond acceptors (Lipinski definition) is 6. The predicted octanol–water partition coefficient (Wildman–Crippen LogP) is -0.201. The molecule has 11 nitrogen and oxygen atoms in total. The van der Waals surface area contributed by atoms with Crippen molar-refractivity contribution in [3.63, 3.8) is 0 Å². The van der Waals surface area contributed by atoms with Gasteiger partial charge in [-0.2, -0.15) is 0 Å². The van der Waals surface area contributed by atoms with E-state index in [0.29, 0.717) is 44.8 Å². The Balaban J connectivity index is 1.51. The number of imide groups is 1. The lowest BCUT2D eigenvalue weighted by atomic mass is 9.89. The molecule has 1 aromatic heterocycles. The average molecular weight is 520 g/mol. The second-order valence-corrected chi connectivity index (χ2v) is 9.51. The summed E-state index contributed by atoms with van der Waals surface area (Å²) < 4.78 is 8.14. The molecule has 5 rings (SSSR count). The number of amides is 5. The summed E-state index contributed by atoms with van der Waals surface area (Å²) in [5.74, 6) is -1.55. The zero-order valence-electron chi connectivity index (χ0n) is 21.0. The molecule has 0 radical (unpaired) electrons. The van der Waals surface area contributed by atoms with E-state index in [9.17, 15) is 19.2 Å². The van der Waals surface area contributed by atoms with E-state index in [4.69, 9.17) is 9.94 Å². The highest BCUT2D eigenvalue weighted by atomic mass is 16.5. The molecular formula is C27H29N5O6. The number of hydroxylamine groups is 1. The predicted molar refractivity (Wildman–Crippen MR) is 136 cm³/mol. The molecule has 1 saturated heterocycles. The van der Waals surface area contributed by atoms with Gasteiger partial charge in [0.05, 0.1) is 25.2 Å². The molecule has 5 amide bonds. The number of carbonyl (C=O) groups excluding carboxylic acids is 4. The van der Waals surface area contributed by atoms with Crippen molar-refractivity contribution in [1.29, 1.82) is 0 Å². The van der Waals surface area contributed by atoms with E-state index in [1.807, 2.05) is 18.2 Å². The van der Waals surface area contributed by atoms with Crippen LogP contribution < -0.4 is 21.4 Å². The highest BCUT2D eigenvalue weighted by molar-refractivity contribution is 6.01. The zero-order valence-corrected chi connectivity index (χ0v) is 21.0. The molecule has 3 heterocycles. The molecule has 2 aromatic rings. The first-order valence-electron chi connectivity index (χ1n) is 12.4. The third-order valence-corrected chi connectivity index (χ3v) is 7.24. The van der Waals surface area contributed by atoms with E-state index < -0.39 is 11.8 Å². The minimum Gasteiger partial charge on any atom is -0.372 e. The van der Waals surface area contributed by atoms with Crippen LogP contribution in [0.3, 0.4) is 0 Å². The maximum atomic E-state index is 13.2. The molecule has 0 spiro atoms. The van der Waals surface area contributed by atoms with Gasteiger partial charge in [-0.3, -0.25) is 24.5 Å².